The molecule has 0 saturated heterocycles. The topological polar surface area (TPSA) is 168 Å². The summed E-state index contributed by atoms with van der Waals surface area (Å²) in [6.45, 7) is 0. The van der Waals surface area contributed by atoms with Crippen molar-refractivity contribution in [2.75, 3.05) is 5.73 Å². The SMILES string of the molecule is Nc1nc(/C(=N\O)C(=O)C[C@H]2Cc3cccc(C(=O)O)c3OB2O)ns1. The highest BCUT2D eigenvalue weighted by atomic mass is 32.1. The second-order valence-electron chi connectivity index (χ2n) is 5.60. The predicted octanol–water partition coefficient (Wildman–Crippen LogP) is 0.442. The Balaban J connectivity index is 1.80. The van der Waals surface area contributed by atoms with E-state index in [1.54, 1.807) is 12.1 Å². The molecule has 12 heteroatoms. The lowest BCUT2D eigenvalue weighted by molar-refractivity contribution is -0.113. The van der Waals surface area contributed by atoms with Crippen LogP contribution in [0.1, 0.15) is 28.2 Å². The van der Waals surface area contributed by atoms with E-state index >= 15 is 0 Å². The van der Waals surface area contributed by atoms with Gasteiger partial charge in [-0.25, -0.2) is 4.79 Å². The molecule has 0 fully saturated rings. The molecule has 0 bridgehead atoms. The summed E-state index contributed by atoms with van der Waals surface area (Å²) in [5, 5.41) is 31.5. The van der Waals surface area contributed by atoms with Gasteiger partial charge in [0.15, 0.2) is 16.6 Å². The zero-order valence-electron chi connectivity index (χ0n) is 13.2. The minimum absolute atomic E-state index is 0.0638. The number of nitrogens with two attached hydrogens (primary N) is 1. The van der Waals surface area contributed by atoms with E-state index in [9.17, 15) is 19.7 Å². The molecule has 3 rings (SSSR count). The number of carbonyl (C=O) groups is 2. The van der Waals surface area contributed by atoms with Crippen molar-refractivity contribution in [3.8, 4) is 5.75 Å². The third-order valence-corrected chi connectivity index (χ3v) is 4.46. The number of rotatable bonds is 5. The number of carbonyl (C=O) groups excluding carboxylic acids is 1. The first kappa shape index (κ1) is 17.8. The van der Waals surface area contributed by atoms with Gasteiger partial charge in [-0.2, -0.15) is 9.36 Å². The van der Waals surface area contributed by atoms with E-state index in [0.717, 1.165) is 11.5 Å². The van der Waals surface area contributed by atoms with Gasteiger partial charge in [-0.3, -0.25) is 4.79 Å². The van der Waals surface area contributed by atoms with Gasteiger partial charge in [0.2, 0.25) is 5.82 Å². The largest absolute Gasteiger partial charge is 0.535 e. The summed E-state index contributed by atoms with van der Waals surface area (Å²) in [6, 6.07) is 4.59. The number of para-hydroxylation sites is 1. The van der Waals surface area contributed by atoms with Gasteiger partial charge in [-0.15, -0.1) is 0 Å². The zero-order chi connectivity index (χ0) is 18.8. The van der Waals surface area contributed by atoms with Crippen molar-refractivity contribution in [2.45, 2.75) is 18.7 Å². The standard InChI is InChI=1S/C14H13BN4O6S/c16-14-17-12(19-26-14)10(18-24)9(20)5-7-4-6-2-1-3-8(13(21)22)11(6)25-15(7)23/h1-3,7,23-24H,4-5H2,(H,21,22)(H2,16,17,19)/b18-10-/t7-/m1/s1. The summed E-state index contributed by atoms with van der Waals surface area (Å²) in [7, 11) is -1.39. The Hall–Kier alpha value is -2.99. The van der Waals surface area contributed by atoms with Gasteiger partial charge in [0.05, 0.1) is 5.56 Å². The highest BCUT2D eigenvalue weighted by Gasteiger charge is 2.39. The molecule has 1 aromatic carbocycles. The summed E-state index contributed by atoms with van der Waals surface area (Å²) in [4.78, 5) is 27.5. The van der Waals surface area contributed by atoms with Crippen molar-refractivity contribution in [3.05, 3.63) is 35.2 Å². The summed E-state index contributed by atoms with van der Waals surface area (Å²) in [5.41, 5.74) is 5.59. The van der Waals surface area contributed by atoms with Crippen molar-refractivity contribution in [1.82, 2.24) is 9.36 Å². The van der Waals surface area contributed by atoms with E-state index in [-0.39, 0.29) is 40.8 Å². The lowest BCUT2D eigenvalue weighted by Crippen LogP contribution is -2.37. The number of carboxylic acid groups (broad SMARTS) is 1. The molecular weight excluding hydrogens is 363 g/mol. The van der Waals surface area contributed by atoms with Crippen LogP contribution in [-0.2, 0) is 11.2 Å². The average Bonchev–Trinajstić information content (AvgIpc) is 3.01. The van der Waals surface area contributed by atoms with Crippen molar-refractivity contribution >= 4 is 41.2 Å². The van der Waals surface area contributed by atoms with Crippen molar-refractivity contribution in [1.29, 1.82) is 0 Å². The number of nitrogen functional groups attached to an aromatic ring is 1. The minimum Gasteiger partial charge on any atom is -0.535 e. The molecule has 134 valence electrons. The number of fused-ring (bicyclic) bond motifs is 1. The fourth-order valence-electron chi connectivity index (χ4n) is 2.72. The van der Waals surface area contributed by atoms with Gasteiger partial charge in [0.1, 0.15) is 5.75 Å². The number of aromatic nitrogens is 2. The third kappa shape index (κ3) is 3.37. The Morgan fingerprint density at radius 1 is 1.46 bits per heavy atom. The van der Waals surface area contributed by atoms with Gasteiger partial charge in [-0.05, 0) is 18.1 Å². The Kier molecular flexibility index (Phi) is 4.87. The molecule has 1 aliphatic rings. The van der Waals surface area contributed by atoms with Crippen LogP contribution in [0.3, 0.4) is 0 Å². The van der Waals surface area contributed by atoms with Crippen LogP contribution in [0.5, 0.6) is 5.75 Å². The molecule has 0 radical (unpaired) electrons. The molecule has 26 heavy (non-hydrogen) atoms. The van der Waals surface area contributed by atoms with Crippen molar-refractivity contribution in [2.24, 2.45) is 5.16 Å². The van der Waals surface area contributed by atoms with E-state index in [2.05, 4.69) is 14.5 Å². The quantitative estimate of drug-likeness (QED) is 0.250. The second kappa shape index (κ2) is 7.10. The average molecular weight is 376 g/mol. The smallest absolute Gasteiger partial charge is 0.526 e. The van der Waals surface area contributed by atoms with Crippen molar-refractivity contribution in [3.63, 3.8) is 0 Å². The molecule has 0 amide bonds. The molecule has 10 nitrogen and oxygen atoms in total. The first-order valence-corrected chi connectivity index (χ1v) is 8.22. The molecule has 1 aromatic heterocycles. The molecule has 1 atom stereocenters. The molecule has 0 spiro atoms. The van der Waals surface area contributed by atoms with E-state index in [1.807, 2.05) is 0 Å². The molecule has 0 saturated carbocycles. The number of anilines is 1. The van der Waals surface area contributed by atoms with Crippen LogP contribution in [0.15, 0.2) is 23.4 Å². The zero-order valence-corrected chi connectivity index (χ0v) is 14.0. The van der Waals surface area contributed by atoms with Gasteiger partial charge < -0.3 is 25.7 Å². The van der Waals surface area contributed by atoms with Crippen LogP contribution in [0.4, 0.5) is 5.13 Å². The number of oxime groups is 1. The Labute approximate surface area is 151 Å². The van der Waals surface area contributed by atoms with Crippen LogP contribution in [-0.4, -0.2) is 49.3 Å². The van der Waals surface area contributed by atoms with E-state index in [1.165, 1.54) is 6.07 Å². The Morgan fingerprint density at radius 3 is 2.85 bits per heavy atom. The molecule has 0 unspecified atom stereocenters. The van der Waals surface area contributed by atoms with Crippen LogP contribution in [0.25, 0.3) is 0 Å². The number of ketones is 1. The molecule has 2 aromatic rings. The van der Waals surface area contributed by atoms with E-state index < -0.39 is 24.7 Å². The summed E-state index contributed by atoms with van der Waals surface area (Å²) in [6.07, 6.45) is 0.00507. The first-order valence-electron chi connectivity index (χ1n) is 7.45. The maximum atomic E-state index is 12.4. The summed E-state index contributed by atoms with van der Waals surface area (Å²) in [5.74, 6) is -2.45. The third-order valence-electron chi connectivity index (χ3n) is 3.92. The molecule has 0 aliphatic carbocycles. The molecular formula is C14H13BN4O6S. The number of nitrogens with zero attached hydrogens (tertiary/aromatic N) is 3. The number of carboxylic acids is 1. The van der Waals surface area contributed by atoms with Crippen LogP contribution in [0, 0.1) is 0 Å². The van der Waals surface area contributed by atoms with Crippen molar-refractivity contribution < 1.29 is 29.6 Å². The second-order valence-corrected chi connectivity index (χ2v) is 6.39. The fourth-order valence-corrected chi connectivity index (χ4v) is 3.15. The van der Waals surface area contributed by atoms with Crippen LogP contribution >= 0.6 is 11.5 Å². The van der Waals surface area contributed by atoms with Crippen LogP contribution < -0.4 is 10.4 Å². The maximum Gasteiger partial charge on any atom is 0.526 e. The molecule has 1 aliphatic heterocycles. The number of hydrogen-bond donors (Lipinski definition) is 4. The number of Topliss-reactive ketones (excluding diaryl/α,β-unsaturated/α-hetero) is 1. The van der Waals surface area contributed by atoms with E-state index in [4.69, 9.17) is 15.6 Å². The highest BCUT2D eigenvalue weighted by Crippen LogP contribution is 2.36. The summed E-state index contributed by atoms with van der Waals surface area (Å²) >= 11 is 0.850. The number of hydrogen-bond acceptors (Lipinski definition) is 10. The monoisotopic (exact) mass is 376 g/mol. The Bertz CT molecular complexity index is 901. The normalized spacial score (nSPS) is 16.7. The number of benzene rings is 1. The number of aromatic carboxylic acids is 1. The van der Waals surface area contributed by atoms with Gasteiger partial charge >= 0.3 is 13.1 Å². The maximum absolute atomic E-state index is 12.4. The Morgan fingerprint density at radius 2 is 2.23 bits per heavy atom. The van der Waals surface area contributed by atoms with Crippen LogP contribution in [0.2, 0.25) is 5.82 Å². The predicted molar refractivity (Wildman–Crippen MR) is 91.7 cm³/mol. The fraction of sp³-hybridized carbons (Fsp3) is 0.214. The van der Waals surface area contributed by atoms with Gasteiger partial charge in [0.25, 0.3) is 0 Å². The minimum atomic E-state index is -1.39. The summed E-state index contributed by atoms with van der Waals surface area (Å²) < 4.78 is 9.15. The molecule has 5 N–H and O–H groups in total. The van der Waals surface area contributed by atoms with Gasteiger partial charge in [0, 0.05) is 23.8 Å². The van der Waals surface area contributed by atoms with E-state index in [0.29, 0.717) is 5.56 Å². The lowest BCUT2D eigenvalue weighted by Gasteiger charge is -2.27. The van der Waals surface area contributed by atoms with Gasteiger partial charge in [-0.1, -0.05) is 17.3 Å². The first-order chi connectivity index (χ1) is 12.4. The lowest BCUT2D eigenvalue weighted by atomic mass is 9.64. The molecule has 2 heterocycles. The highest BCUT2D eigenvalue weighted by molar-refractivity contribution is 7.09.